The monoisotopic (exact) mass is 384 g/mol. The maximum atomic E-state index is 12.8. The summed E-state index contributed by atoms with van der Waals surface area (Å²) in [5.41, 5.74) is 0.980. The van der Waals surface area contributed by atoms with E-state index in [9.17, 15) is 14.0 Å². The molecule has 0 aliphatic heterocycles. The van der Waals surface area contributed by atoms with Crippen molar-refractivity contribution >= 4 is 35.1 Å². The number of hydrogen-bond acceptors (Lipinski definition) is 4. The van der Waals surface area contributed by atoms with E-state index in [0.717, 1.165) is 5.56 Å². The fraction of sp³-hybridized carbons (Fsp3) is 0.235. The molecular formula is C17H15Cl2FN2O3. The SMILES string of the molecule is C[C@H](OC(=O)c1cnc(Cl)c(Cl)c1)C(=O)NCCc1ccc(F)cc1. The highest BCUT2D eigenvalue weighted by molar-refractivity contribution is 6.41. The van der Waals surface area contributed by atoms with Crippen LogP contribution in [-0.4, -0.2) is 29.5 Å². The number of aromatic nitrogens is 1. The van der Waals surface area contributed by atoms with Gasteiger partial charge >= 0.3 is 5.97 Å². The topological polar surface area (TPSA) is 68.3 Å². The third kappa shape index (κ3) is 5.69. The van der Waals surface area contributed by atoms with Crippen LogP contribution < -0.4 is 5.32 Å². The summed E-state index contributed by atoms with van der Waals surface area (Å²) in [4.78, 5) is 27.7. The zero-order valence-corrected chi connectivity index (χ0v) is 14.8. The Kier molecular flexibility index (Phi) is 6.73. The normalized spacial score (nSPS) is 11.7. The zero-order chi connectivity index (χ0) is 18.4. The second kappa shape index (κ2) is 8.78. The number of halogens is 3. The van der Waals surface area contributed by atoms with E-state index in [-0.39, 0.29) is 21.6 Å². The molecule has 1 heterocycles. The largest absolute Gasteiger partial charge is 0.449 e. The van der Waals surface area contributed by atoms with Gasteiger partial charge in [-0.25, -0.2) is 14.2 Å². The Morgan fingerprint density at radius 3 is 2.60 bits per heavy atom. The van der Waals surface area contributed by atoms with E-state index in [2.05, 4.69) is 10.3 Å². The van der Waals surface area contributed by atoms with E-state index in [1.165, 1.54) is 31.3 Å². The number of pyridine rings is 1. The van der Waals surface area contributed by atoms with Crippen LogP contribution in [0.15, 0.2) is 36.5 Å². The second-order valence-electron chi connectivity index (χ2n) is 5.21. The van der Waals surface area contributed by atoms with Gasteiger partial charge in [-0.05, 0) is 37.1 Å². The number of esters is 1. The van der Waals surface area contributed by atoms with Crippen molar-refractivity contribution in [2.24, 2.45) is 0 Å². The molecule has 1 amide bonds. The summed E-state index contributed by atoms with van der Waals surface area (Å²) in [6, 6.07) is 7.31. The van der Waals surface area contributed by atoms with E-state index in [1.807, 2.05) is 0 Å². The molecule has 0 saturated heterocycles. The Hall–Kier alpha value is -2.18. The Bertz CT molecular complexity index is 769. The molecule has 2 rings (SSSR count). The lowest BCUT2D eigenvalue weighted by Crippen LogP contribution is -2.36. The Morgan fingerprint density at radius 1 is 1.28 bits per heavy atom. The number of hydrogen-bond donors (Lipinski definition) is 1. The van der Waals surface area contributed by atoms with Crippen molar-refractivity contribution in [1.29, 1.82) is 0 Å². The lowest BCUT2D eigenvalue weighted by molar-refractivity contribution is -0.129. The lowest BCUT2D eigenvalue weighted by Gasteiger charge is -2.13. The molecule has 0 aliphatic carbocycles. The van der Waals surface area contributed by atoms with Crippen molar-refractivity contribution in [1.82, 2.24) is 10.3 Å². The van der Waals surface area contributed by atoms with Crippen molar-refractivity contribution in [3.63, 3.8) is 0 Å². The molecule has 8 heteroatoms. The van der Waals surface area contributed by atoms with Crippen molar-refractivity contribution in [2.45, 2.75) is 19.4 Å². The molecule has 1 N–H and O–H groups in total. The van der Waals surface area contributed by atoms with E-state index in [1.54, 1.807) is 12.1 Å². The molecule has 2 aromatic rings. The zero-order valence-electron chi connectivity index (χ0n) is 13.3. The molecule has 1 atom stereocenters. The summed E-state index contributed by atoms with van der Waals surface area (Å²) in [6.45, 7) is 1.79. The van der Waals surface area contributed by atoms with E-state index in [0.29, 0.717) is 13.0 Å². The van der Waals surface area contributed by atoms with E-state index < -0.39 is 18.0 Å². The highest BCUT2D eigenvalue weighted by Crippen LogP contribution is 2.20. The average molecular weight is 385 g/mol. The predicted molar refractivity (Wildman–Crippen MR) is 92.2 cm³/mol. The summed E-state index contributed by atoms with van der Waals surface area (Å²) in [5.74, 6) is -1.49. The third-order valence-corrected chi connectivity index (χ3v) is 4.00. The summed E-state index contributed by atoms with van der Waals surface area (Å²) < 4.78 is 17.9. The minimum Gasteiger partial charge on any atom is -0.449 e. The molecule has 0 spiro atoms. The van der Waals surface area contributed by atoms with Gasteiger partial charge in [-0.1, -0.05) is 35.3 Å². The van der Waals surface area contributed by atoms with Crippen LogP contribution in [0.2, 0.25) is 10.2 Å². The summed E-state index contributed by atoms with van der Waals surface area (Å²) in [7, 11) is 0. The maximum Gasteiger partial charge on any atom is 0.340 e. The van der Waals surface area contributed by atoms with Crippen molar-refractivity contribution in [3.05, 3.63) is 63.6 Å². The van der Waals surface area contributed by atoms with Crippen molar-refractivity contribution in [3.8, 4) is 0 Å². The first-order chi connectivity index (χ1) is 11.9. The molecule has 1 aromatic carbocycles. The third-order valence-electron chi connectivity index (χ3n) is 3.31. The number of carbonyl (C=O) groups is 2. The van der Waals surface area contributed by atoms with Crippen molar-refractivity contribution in [2.75, 3.05) is 6.54 Å². The maximum absolute atomic E-state index is 12.8. The van der Waals surface area contributed by atoms with Gasteiger partial charge in [0.05, 0.1) is 10.6 Å². The van der Waals surface area contributed by atoms with Crippen LogP contribution in [-0.2, 0) is 16.0 Å². The molecule has 5 nitrogen and oxygen atoms in total. The summed E-state index contributed by atoms with van der Waals surface area (Å²) in [6.07, 6.45) is 0.759. The Labute approximate surface area is 154 Å². The van der Waals surface area contributed by atoms with Gasteiger partial charge in [0.1, 0.15) is 11.0 Å². The molecule has 0 aliphatic rings. The van der Waals surface area contributed by atoms with Crippen LogP contribution in [0.3, 0.4) is 0 Å². The number of amides is 1. The molecule has 132 valence electrons. The fourth-order valence-corrected chi connectivity index (χ4v) is 2.21. The number of benzene rings is 1. The Balaban J connectivity index is 1.81. The standard InChI is InChI=1S/C17H15Cl2FN2O3/c1-10(25-17(24)12-8-14(18)15(19)22-9-12)16(23)21-7-6-11-2-4-13(20)5-3-11/h2-5,8-10H,6-7H2,1H3,(H,21,23)/t10-/m0/s1. The summed E-state index contributed by atoms with van der Waals surface area (Å²) >= 11 is 11.5. The number of nitrogens with zero attached hydrogens (tertiary/aromatic N) is 1. The second-order valence-corrected chi connectivity index (χ2v) is 5.98. The molecule has 0 unspecified atom stereocenters. The van der Waals surface area contributed by atoms with Crippen molar-refractivity contribution < 1.29 is 18.7 Å². The number of rotatable bonds is 6. The number of ether oxygens (including phenoxy) is 1. The first-order valence-corrected chi connectivity index (χ1v) is 8.16. The van der Waals surface area contributed by atoms with Crippen LogP contribution in [0.1, 0.15) is 22.8 Å². The fourth-order valence-electron chi connectivity index (χ4n) is 1.94. The number of carbonyl (C=O) groups excluding carboxylic acids is 2. The molecule has 1 aromatic heterocycles. The first kappa shape index (κ1) is 19.1. The molecule has 0 bridgehead atoms. The quantitative estimate of drug-likeness (QED) is 0.611. The Morgan fingerprint density at radius 2 is 1.96 bits per heavy atom. The first-order valence-electron chi connectivity index (χ1n) is 7.41. The number of nitrogens with one attached hydrogen (secondary N) is 1. The van der Waals surface area contributed by atoms with E-state index in [4.69, 9.17) is 27.9 Å². The minimum atomic E-state index is -0.991. The van der Waals surface area contributed by atoms with E-state index >= 15 is 0 Å². The highest BCUT2D eigenvalue weighted by Gasteiger charge is 2.19. The van der Waals surface area contributed by atoms with Crippen LogP contribution in [0.25, 0.3) is 0 Å². The smallest absolute Gasteiger partial charge is 0.340 e. The van der Waals surface area contributed by atoms with Gasteiger partial charge in [-0.15, -0.1) is 0 Å². The van der Waals surface area contributed by atoms with Crippen LogP contribution in [0, 0.1) is 5.82 Å². The van der Waals surface area contributed by atoms with Gasteiger partial charge < -0.3 is 10.1 Å². The van der Waals surface area contributed by atoms with Gasteiger partial charge in [0, 0.05) is 12.7 Å². The highest BCUT2D eigenvalue weighted by atomic mass is 35.5. The molecule has 0 radical (unpaired) electrons. The van der Waals surface area contributed by atoms with Crippen LogP contribution in [0.5, 0.6) is 0 Å². The minimum absolute atomic E-state index is 0.0739. The molecule has 25 heavy (non-hydrogen) atoms. The summed E-state index contributed by atoms with van der Waals surface area (Å²) in [5, 5.41) is 2.84. The molecule has 0 saturated carbocycles. The van der Waals surface area contributed by atoms with Crippen LogP contribution >= 0.6 is 23.2 Å². The van der Waals surface area contributed by atoms with Gasteiger partial charge in [-0.3, -0.25) is 4.79 Å². The lowest BCUT2D eigenvalue weighted by atomic mass is 10.1. The van der Waals surface area contributed by atoms with Gasteiger partial charge in [-0.2, -0.15) is 0 Å². The van der Waals surface area contributed by atoms with Gasteiger partial charge in [0.15, 0.2) is 6.10 Å². The van der Waals surface area contributed by atoms with Crippen LogP contribution in [0.4, 0.5) is 4.39 Å². The average Bonchev–Trinajstić information content (AvgIpc) is 2.58. The predicted octanol–water partition coefficient (Wildman–Crippen LogP) is 3.43. The molecular weight excluding hydrogens is 370 g/mol. The van der Waals surface area contributed by atoms with Gasteiger partial charge in [0.2, 0.25) is 0 Å². The van der Waals surface area contributed by atoms with Gasteiger partial charge in [0.25, 0.3) is 5.91 Å². The molecule has 0 fully saturated rings.